The molecule has 0 unspecified atom stereocenters. The molecule has 2 aromatic rings. The number of halogens is 2. The van der Waals surface area contributed by atoms with Gasteiger partial charge >= 0.3 is 5.97 Å². The molecule has 1 amide bonds. The third-order valence-electron chi connectivity index (χ3n) is 3.02. The average Bonchev–Trinajstić information content (AvgIpc) is 2.60. The molecule has 0 aromatic heterocycles. The molecule has 0 heterocycles. The molecule has 6 nitrogen and oxygen atoms in total. The molecule has 0 atom stereocenters. The van der Waals surface area contributed by atoms with Gasteiger partial charge < -0.3 is 9.47 Å². The van der Waals surface area contributed by atoms with Gasteiger partial charge in [-0.2, -0.15) is 5.10 Å². The zero-order valence-corrected chi connectivity index (χ0v) is 14.7. The second kappa shape index (κ2) is 9.05. The Morgan fingerprint density at radius 3 is 2.52 bits per heavy atom. The lowest BCUT2D eigenvalue weighted by molar-refractivity contribution is -0.142. The molecule has 0 saturated carbocycles. The van der Waals surface area contributed by atoms with Gasteiger partial charge in [-0.05, 0) is 48.0 Å². The smallest absolute Gasteiger partial charge is 0.343 e. The Kier molecular flexibility index (Phi) is 6.80. The first-order valence-corrected chi connectivity index (χ1v) is 7.83. The Labute approximate surface area is 154 Å². The molecule has 25 heavy (non-hydrogen) atoms. The van der Waals surface area contributed by atoms with E-state index in [9.17, 15) is 9.59 Å². The second-order valence-electron chi connectivity index (χ2n) is 4.76. The van der Waals surface area contributed by atoms with Crippen molar-refractivity contribution in [3.63, 3.8) is 0 Å². The van der Waals surface area contributed by atoms with E-state index < -0.39 is 11.9 Å². The monoisotopic (exact) mass is 380 g/mol. The SMILES string of the molecule is COC(=O)COc1ccc(/C=N/NC(=O)c2ccc(Cl)cc2Cl)cc1. The molecule has 2 aromatic carbocycles. The summed E-state index contributed by atoms with van der Waals surface area (Å²) in [4.78, 5) is 23.0. The highest BCUT2D eigenvalue weighted by molar-refractivity contribution is 6.36. The maximum absolute atomic E-state index is 12.0. The zero-order chi connectivity index (χ0) is 18.2. The minimum absolute atomic E-state index is 0.165. The normalized spacial score (nSPS) is 10.5. The van der Waals surface area contributed by atoms with Crippen LogP contribution in [0.1, 0.15) is 15.9 Å². The number of amides is 1. The van der Waals surface area contributed by atoms with Crippen LogP contribution in [0.3, 0.4) is 0 Å². The molecule has 130 valence electrons. The largest absolute Gasteiger partial charge is 0.482 e. The van der Waals surface area contributed by atoms with Crippen LogP contribution in [-0.2, 0) is 9.53 Å². The third kappa shape index (κ3) is 5.77. The van der Waals surface area contributed by atoms with Gasteiger partial charge in [0, 0.05) is 5.02 Å². The Hall–Kier alpha value is -2.57. The van der Waals surface area contributed by atoms with Crippen molar-refractivity contribution in [2.45, 2.75) is 0 Å². The fourth-order valence-electron chi connectivity index (χ4n) is 1.75. The van der Waals surface area contributed by atoms with E-state index in [-0.39, 0.29) is 17.2 Å². The van der Waals surface area contributed by atoms with Gasteiger partial charge in [-0.15, -0.1) is 0 Å². The van der Waals surface area contributed by atoms with Crippen LogP contribution in [-0.4, -0.2) is 31.8 Å². The minimum Gasteiger partial charge on any atom is -0.482 e. The zero-order valence-electron chi connectivity index (χ0n) is 13.2. The number of hydrazone groups is 1. The molecule has 0 aliphatic rings. The Balaban J connectivity index is 1.91. The van der Waals surface area contributed by atoms with Crippen molar-refractivity contribution < 1.29 is 19.1 Å². The molecule has 0 spiro atoms. The molecule has 1 N–H and O–H groups in total. The number of carbonyl (C=O) groups is 2. The van der Waals surface area contributed by atoms with E-state index in [0.717, 1.165) is 5.56 Å². The maximum atomic E-state index is 12.0. The summed E-state index contributed by atoms with van der Waals surface area (Å²) >= 11 is 11.7. The summed E-state index contributed by atoms with van der Waals surface area (Å²) in [7, 11) is 1.29. The number of carbonyl (C=O) groups excluding carboxylic acids is 2. The van der Waals surface area contributed by atoms with E-state index in [2.05, 4.69) is 15.3 Å². The van der Waals surface area contributed by atoms with E-state index in [4.69, 9.17) is 27.9 Å². The van der Waals surface area contributed by atoms with Crippen molar-refractivity contribution in [2.75, 3.05) is 13.7 Å². The summed E-state index contributed by atoms with van der Waals surface area (Å²) in [5.41, 5.74) is 3.38. The van der Waals surface area contributed by atoms with Crippen LogP contribution in [0.2, 0.25) is 10.0 Å². The van der Waals surface area contributed by atoms with Crippen molar-refractivity contribution in [1.82, 2.24) is 5.43 Å². The van der Waals surface area contributed by atoms with Gasteiger partial charge in [0.1, 0.15) is 5.75 Å². The molecular formula is C17H14Cl2N2O4. The number of rotatable bonds is 6. The first kappa shape index (κ1) is 18.8. The summed E-state index contributed by atoms with van der Waals surface area (Å²) in [6.07, 6.45) is 1.46. The molecular weight excluding hydrogens is 367 g/mol. The van der Waals surface area contributed by atoms with Crippen molar-refractivity contribution in [2.24, 2.45) is 5.10 Å². The Bertz CT molecular complexity index is 792. The van der Waals surface area contributed by atoms with Gasteiger partial charge in [-0.25, -0.2) is 10.2 Å². The second-order valence-corrected chi connectivity index (χ2v) is 5.60. The number of esters is 1. The van der Waals surface area contributed by atoms with Crippen LogP contribution in [0.4, 0.5) is 0 Å². The van der Waals surface area contributed by atoms with Gasteiger partial charge in [0.25, 0.3) is 5.91 Å². The van der Waals surface area contributed by atoms with Gasteiger partial charge in [0.15, 0.2) is 6.61 Å². The van der Waals surface area contributed by atoms with Crippen molar-refractivity contribution >= 4 is 41.3 Å². The van der Waals surface area contributed by atoms with Crippen molar-refractivity contribution in [3.05, 3.63) is 63.6 Å². The van der Waals surface area contributed by atoms with Crippen LogP contribution in [0.25, 0.3) is 0 Å². The van der Waals surface area contributed by atoms with Gasteiger partial charge in [0.2, 0.25) is 0 Å². The lowest BCUT2D eigenvalue weighted by Crippen LogP contribution is -2.18. The number of nitrogens with one attached hydrogen (secondary N) is 1. The number of benzene rings is 2. The Morgan fingerprint density at radius 1 is 1.16 bits per heavy atom. The molecule has 0 bridgehead atoms. The van der Waals surface area contributed by atoms with E-state index in [1.807, 2.05) is 0 Å². The Morgan fingerprint density at radius 2 is 1.88 bits per heavy atom. The fourth-order valence-corrected chi connectivity index (χ4v) is 2.24. The first-order chi connectivity index (χ1) is 12.0. The van der Waals surface area contributed by atoms with Crippen molar-refractivity contribution in [3.8, 4) is 5.75 Å². The number of hydrogen-bond acceptors (Lipinski definition) is 5. The molecule has 0 fully saturated rings. The van der Waals surface area contributed by atoms with Gasteiger partial charge in [0.05, 0.1) is 23.9 Å². The predicted molar refractivity (Wildman–Crippen MR) is 95.5 cm³/mol. The van der Waals surface area contributed by atoms with Crippen LogP contribution in [0, 0.1) is 0 Å². The van der Waals surface area contributed by atoms with E-state index in [1.165, 1.54) is 25.5 Å². The van der Waals surface area contributed by atoms with Crippen LogP contribution < -0.4 is 10.2 Å². The van der Waals surface area contributed by atoms with Crippen molar-refractivity contribution in [1.29, 1.82) is 0 Å². The maximum Gasteiger partial charge on any atom is 0.343 e. The summed E-state index contributed by atoms with van der Waals surface area (Å²) in [6, 6.07) is 11.3. The number of ether oxygens (including phenoxy) is 2. The number of nitrogens with zero attached hydrogens (tertiary/aromatic N) is 1. The quantitative estimate of drug-likeness (QED) is 0.473. The summed E-state index contributed by atoms with van der Waals surface area (Å²) in [5, 5.41) is 4.55. The predicted octanol–water partition coefficient (Wildman–Crippen LogP) is 3.31. The third-order valence-corrected chi connectivity index (χ3v) is 3.57. The standard InChI is InChI=1S/C17H14Cl2N2O4/c1-24-16(22)10-25-13-5-2-11(3-6-13)9-20-21-17(23)14-7-4-12(18)8-15(14)19/h2-9H,10H2,1H3,(H,21,23)/b20-9+. The van der Waals surface area contributed by atoms with E-state index in [0.29, 0.717) is 10.8 Å². The highest BCUT2D eigenvalue weighted by Crippen LogP contribution is 2.20. The van der Waals surface area contributed by atoms with E-state index in [1.54, 1.807) is 30.3 Å². The lowest BCUT2D eigenvalue weighted by atomic mass is 10.2. The summed E-state index contributed by atoms with van der Waals surface area (Å²) in [6.45, 7) is -0.165. The molecule has 8 heteroatoms. The van der Waals surface area contributed by atoms with Gasteiger partial charge in [-0.1, -0.05) is 23.2 Å². The molecule has 0 radical (unpaired) electrons. The summed E-state index contributed by atoms with van der Waals surface area (Å²) in [5.74, 6) is -0.398. The molecule has 2 rings (SSSR count). The highest BCUT2D eigenvalue weighted by atomic mass is 35.5. The summed E-state index contributed by atoms with van der Waals surface area (Å²) < 4.78 is 9.70. The molecule has 0 aliphatic carbocycles. The minimum atomic E-state index is -0.464. The molecule has 0 saturated heterocycles. The number of hydrogen-bond donors (Lipinski definition) is 1. The lowest BCUT2D eigenvalue weighted by Gasteiger charge is -2.05. The average molecular weight is 381 g/mol. The van der Waals surface area contributed by atoms with Crippen LogP contribution in [0.15, 0.2) is 47.6 Å². The topological polar surface area (TPSA) is 77.0 Å². The van der Waals surface area contributed by atoms with E-state index >= 15 is 0 Å². The van der Waals surface area contributed by atoms with Crippen LogP contribution >= 0.6 is 23.2 Å². The highest BCUT2D eigenvalue weighted by Gasteiger charge is 2.09. The molecule has 0 aliphatic heterocycles. The first-order valence-electron chi connectivity index (χ1n) is 7.07. The fraction of sp³-hybridized carbons (Fsp3) is 0.118. The number of methoxy groups -OCH3 is 1. The van der Waals surface area contributed by atoms with Crippen LogP contribution in [0.5, 0.6) is 5.75 Å². The van der Waals surface area contributed by atoms with Gasteiger partial charge in [-0.3, -0.25) is 4.79 Å².